The van der Waals surface area contributed by atoms with Gasteiger partial charge in [0.1, 0.15) is 13.2 Å². The van der Waals surface area contributed by atoms with Crippen molar-refractivity contribution in [3.8, 4) is 11.5 Å². The van der Waals surface area contributed by atoms with Gasteiger partial charge in [-0.05, 0) is 42.5 Å². The molecule has 0 bridgehead atoms. The van der Waals surface area contributed by atoms with Gasteiger partial charge in [-0.1, -0.05) is 23.4 Å². The molecular formula is C19H16ClN3O4S. The minimum absolute atomic E-state index is 0.0546. The van der Waals surface area contributed by atoms with Gasteiger partial charge in [0.25, 0.3) is 5.22 Å². The molecule has 4 rings (SSSR count). The van der Waals surface area contributed by atoms with Crippen LogP contribution in [-0.2, 0) is 6.54 Å². The quantitative estimate of drug-likeness (QED) is 0.454. The molecule has 1 aliphatic rings. The van der Waals surface area contributed by atoms with E-state index < -0.39 is 0 Å². The summed E-state index contributed by atoms with van der Waals surface area (Å²) in [5.41, 5.74) is 1.45. The second-order valence-corrected chi connectivity index (χ2v) is 7.26. The number of hydrogen-bond donors (Lipinski definition) is 1. The Kier molecular flexibility index (Phi) is 5.68. The van der Waals surface area contributed by atoms with Crippen LogP contribution < -0.4 is 14.8 Å². The Balaban J connectivity index is 1.30. The number of fused-ring (bicyclic) bond motifs is 1. The van der Waals surface area contributed by atoms with Crippen LogP contribution in [-0.4, -0.2) is 34.9 Å². The first-order chi connectivity index (χ1) is 13.7. The van der Waals surface area contributed by atoms with Crippen LogP contribution in [0.1, 0.15) is 16.2 Å². The average Bonchev–Trinajstić information content (AvgIpc) is 3.19. The van der Waals surface area contributed by atoms with Crippen molar-refractivity contribution in [3.05, 3.63) is 58.9 Å². The molecule has 0 spiro atoms. The molecule has 0 atom stereocenters. The van der Waals surface area contributed by atoms with Crippen LogP contribution in [0.25, 0.3) is 0 Å². The molecule has 0 fully saturated rings. The lowest BCUT2D eigenvalue weighted by Crippen LogP contribution is -2.16. The van der Waals surface area contributed by atoms with Gasteiger partial charge in [0.2, 0.25) is 5.89 Å². The highest BCUT2D eigenvalue weighted by molar-refractivity contribution is 7.99. The normalized spacial score (nSPS) is 12.6. The fourth-order valence-electron chi connectivity index (χ4n) is 2.54. The van der Waals surface area contributed by atoms with Crippen molar-refractivity contribution >= 4 is 34.8 Å². The largest absolute Gasteiger partial charge is 0.486 e. The lowest BCUT2D eigenvalue weighted by atomic mass is 10.1. The minimum Gasteiger partial charge on any atom is -0.486 e. The van der Waals surface area contributed by atoms with Crippen molar-refractivity contribution < 1.29 is 18.7 Å². The molecule has 0 radical (unpaired) electrons. The van der Waals surface area contributed by atoms with Gasteiger partial charge >= 0.3 is 0 Å². The number of carbonyl (C=O) groups is 1. The molecule has 2 heterocycles. The molecule has 1 aliphatic heterocycles. The Morgan fingerprint density at radius 2 is 1.86 bits per heavy atom. The first kappa shape index (κ1) is 18.6. The molecule has 0 aliphatic carbocycles. The molecule has 28 heavy (non-hydrogen) atoms. The third-order valence-corrected chi connectivity index (χ3v) is 5.00. The Hall–Kier alpha value is -2.71. The summed E-state index contributed by atoms with van der Waals surface area (Å²) in [5, 5.41) is 12.1. The van der Waals surface area contributed by atoms with Crippen LogP contribution in [0.4, 0.5) is 5.69 Å². The first-order valence-corrected chi connectivity index (χ1v) is 9.91. The van der Waals surface area contributed by atoms with Crippen molar-refractivity contribution in [2.75, 3.05) is 24.3 Å². The molecule has 0 saturated carbocycles. The molecule has 1 N–H and O–H groups in total. The zero-order valence-electron chi connectivity index (χ0n) is 14.7. The van der Waals surface area contributed by atoms with Crippen molar-refractivity contribution in [1.82, 2.24) is 10.2 Å². The average molecular weight is 418 g/mol. The third-order valence-electron chi connectivity index (χ3n) is 3.93. The van der Waals surface area contributed by atoms with Crippen LogP contribution >= 0.6 is 23.4 Å². The van der Waals surface area contributed by atoms with Crippen molar-refractivity contribution in [3.63, 3.8) is 0 Å². The number of nitrogens with zero attached hydrogens (tertiary/aromatic N) is 2. The summed E-state index contributed by atoms with van der Waals surface area (Å²) in [6.45, 7) is 1.38. The van der Waals surface area contributed by atoms with Gasteiger partial charge in [0.05, 0.1) is 12.3 Å². The van der Waals surface area contributed by atoms with E-state index in [1.807, 2.05) is 12.1 Å². The van der Waals surface area contributed by atoms with Crippen molar-refractivity contribution in [1.29, 1.82) is 0 Å². The van der Waals surface area contributed by atoms with Gasteiger partial charge in [0, 0.05) is 16.3 Å². The molecule has 0 unspecified atom stereocenters. The Bertz CT molecular complexity index is 978. The van der Waals surface area contributed by atoms with Gasteiger partial charge in [-0.3, -0.25) is 4.79 Å². The summed E-state index contributed by atoms with van der Waals surface area (Å²) in [6.07, 6.45) is 0. The smallest absolute Gasteiger partial charge is 0.277 e. The van der Waals surface area contributed by atoms with Crippen LogP contribution in [0.5, 0.6) is 11.5 Å². The lowest BCUT2D eigenvalue weighted by Gasteiger charge is -2.18. The molecule has 7 nitrogen and oxygen atoms in total. The summed E-state index contributed by atoms with van der Waals surface area (Å²) in [6, 6.07) is 12.5. The Morgan fingerprint density at radius 3 is 2.68 bits per heavy atom. The molecule has 1 aromatic heterocycles. The maximum atomic E-state index is 12.4. The Morgan fingerprint density at radius 1 is 1.07 bits per heavy atom. The van der Waals surface area contributed by atoms with Gasteiger partial charge in [-0.25, -0.2) is 0 Å². The third kappa shape index (κ3) is 4.58. The summed E-state index contributed by atoms with van der Waals surface area (Å²) >= 11 is 7.06. The zero-order chi connectivity index (χ0) is 19.3. The number of hydrogen-bond acceptors (Lipinski definition) is 8. The molecule has 3 aromatic rings. The first-order valence-electron chi connectivity index (χ1n) is 8.55. The summed E-state index contributed by atoms with van der Waals surface area (Å²) in [7, 11) is 0. The highest BCUT2D eigenvalue weighted by Gasteiger charge is 2.16. The standard InChI is InChI=1S/C19H16ClN3O4S/c20-13-2-4-14(5-3-13)21-10-18-22-23-19(27-18)28-11-15(24)12-1-6-16-17(9-12)26-8-7-25-16/h1-6,9,21H,7-8,10-11H2. The number of ketones is 1. The van der Waals surface area contributed by atoms with E-state index in [0.29, 0.717) is 53.0 Å². The number of benzene rings is 2. The fourth-order valence-corrected chi connectivity index (χ4v) is 3.34. The van der Waals surface area contributed by atoms with E-state index >= 15 is 0 Å². The topological polar surface area (TPSA) is 86.5 Å². The number of ether oxygens (including phenoxy) is 2. The fraction of sp³-hybridized carbons (Fsp3) is 0.211. The maximum absolute atomic E-state index is 12.4. The van der Waals surface area contributed by atoms with E-state index in [1.54, 1.807) is 30.3 Å². The zero-order valence-corrected chi connectivity index (χ0v) is 16.3. The number of halogens is 1. The number of Topliss-reactive ketones (excluding diaryl/α,β-unsaturated/α-hetero) is 1. The van der Waals surface area contributed by atoms with Gasteiger partial charge in [0.15, 0.2) is 17.3 Å². The summed E-state index contributed by atoms with van der Waals surface area (Å²) in [5.74, 6) is 1.82. The van der Waals surface area contributed by atoms with E-state index in [4.69, 9.17) is 25.5 Å². The number of aromatic nitrogens is 2. The molecule has 144 valence electrons. The SMILES string of the molecule is O=C(CSc1nnc(CNc2ccc(Cl)cc2)o1)c1ccc2c(c1)OCCO2. The van der Waals surface area contributed by atoms with Gasteiger partial charge < -0.3 is 19.2 Å². The summed E-state index contributed by atoms with van der Waals surface area (Å²) < 4.78 is 16.5. The summed E-state index contributed by atoms with van der Waals surface area (Å²) in [4.78, 5) is 12.4. The molecule has 9 heteroatoms. The Labute approximate surface area is 170 Å². The number of nitrogens with one attached hydrogen (secondary N) is 1. The number of carbonyl (C=O) groups excluding carboxylic acids is 1. The van der Waals surface area contributed by atoms with Crippen LogP contribution in [0.2, 0.25) is 5.02 Å². The number of anilines is 1. The van der Waals surface area contributed by atoms with Crippen molar-refractivity contribution in [2.24, 2.45) is 0 Å². The number of thioether (sulfide) groups is 1. The van der Waals surface area contributed by atoms with Crippen LogP contribution in [0.3, 0.4) is 0 Å². The minimum atomic E-state index is -0.0546. The van der Waals surface area contributed by atoms with E-state index in [2.05, 4.69) is 15.5 Å². The lowest BCUT2D eigenvalue weighted by molar-refractivity contribution is 0.102. The molecular weight excluding hydrogens is 402 g/mol. The van der Waals surface area contributed by atoms with Crippen LogP contribution in [0.15, 0.2) is 52.1 Å². The van der Waals surface area contributed by atoms with E-state index in [-0.39, 0.29) is 11.5 Å². The van der Waals surface area contributed by atoms with E-state index in [9.17, 15) is 4.79 Å². The van der Waals surface area contributed by atoms with Crippen LogP contribution in [0, 0.1) is 0 Å². The molecule has 2 aromatic carbocycles. The second-order valence-electron chi connectivity index (χ2n) is 5.89. The highest BCUT2D eigenvalue weighted by atomic mass is 35.5. The molecule has 0 amide bonds. The number of rotatable bonds is 7. The maximum Gasteiger partial charge on any atom is 0.277 e. The molecule has 0 saturated heterocycles. The van der Waals surface area contributed by atoms with E-state index in [0.717, 1.165) is 5.69 Å². The predicted octanol–water partition coefficient (Wildman–Crippen LogP) is 4.08. The predicted molar refractivity (Wildman–Crippen MR) is 106 cm³/mol. The van der Waals surface area contributed by atoms with Gasteiger partial charge in [-0.2, -0.15) is 0 Å². The second kappa shape index (κ2) is 8.53. The van der Waals surface area contributed by atoms with Gasteiger partial charge in [-0.15, -0.1) is 10.2 Å². The van der Waals surface area contributed by atoms with E-state index in [1.165, 1.54) is 11.8 Å². The van der Waals surface area contributed by atoms with Crippen molar-refractivity contribution in [2.45, 2.75) is 11.8 Å². The monoisotopic (exact) mass is 417 g/mol. The highest BCUT2D eigenvalue weighted by Crippen LogP contribution is 2.31.